The largest absolute Gasteiger partial charge is 0.208 e. The fraction of sp³-hybridized carbons (Fsp3) is 0. The molecule has 0 aliphatic heterocycles. The number of aromatic nitrogens is 3. The zero-order valence-corrected chi connectivity index (χ0v) is 35.6. The molecule has 0 aliphatic rings. The van der Waals surface area contributed by atoms with Gasteiger partial charge in [-0.2, -0.15) is 10.5 Å². The van der Waals surface area contributed by atoms with Gasteiger partial charge >= 0.3 is 0 Å². The Hall–Kier alpha value is -9.29. The lowest BCUT2D eigenvalue weighted by Crippen LogP contribution is -2.00. The van der Waals surface area contributed by atoms with Crippen molar-refractivity contribution in [1.82, 2.24) is 15.0 Å². The highest BCUT2D eigenvalue weighted by atomic mass is 15.0. The van der Waals surface area contributed by atoms with Crippen LogP contribution in [-0.2, 0) is 0 Å². The molecular formula is C61H37N5. The summed E-state index contributed by atoms with van der Waals surface area (Å²) in [7, 11) is 0. The average molecular weight is 840 g/mol. The van der Waals surface area contributed by atoms with Crippen LogP contribution in [0.3, 0.4) is 0 Å². The van der Waals surface area contributed by atoms with Crippen LogP contribution in [0.5, 0.6) is 0 Å². The highest BCUT2D eigenvalue weighted by Gasteiger charge is 2.17. The lowest BCUT2D eigenvalue weighted by Gasteiger charge is -2.15. The normalized spacial score (nSPS) is 11.0. The number of fused-ring (bicyclic) bond motifs is 3. The fourth-order valence-electron chi connectivity index (χ4n) is 8.91. The summed E-state index contributed by atoms with van der Waals surface area (Å²) in [6.45, 7) is 0. The maximum Gasteiger partial charge on any atom is 0.164 e. The maximum absolute atomic E-state index is 10.4. The first kappa shape index (κ1) is 39.5. The lowest BCUT2D eigenvalue weighted by molar-refractivity contribution is 1.07. The number of benzene rings is 10. The van der Waals surface area contributed by atoms with Gasteiger partial charge in [0, 0.05) is 22.3 Å². The SMILES string of the molecule is N#Cc1cc(-c2nc(-c3ccccc3)nc(-c3cccc(-c4cccc(-c5cccc(C#N)c5-c5ccc(-c6ccc7ccc8ccccc8c7c6)cc5)c4)c3)n2)ccc1-c1ccccc1. The van der Waals surface area contributed by atoms with E-state index in [0.29, 0.717) is 28.6 Å². The van der Waals surface area contributed by atoms with Gasteiger partial charge in [0.2, 0.25) is 0 Å². The Morgan fingerprint density at radius 2 is 0.758 bits per heavy atom. The van der Waals surface area contributed by atoms with Gasteiger partial charge in [0.1, 0.15) is 0 Å². The summed E-state index contributed by atoms with van der Waals surface area (Å²) >= 11 is 0. The van der Waals surface area contributed by atoms with Crippen molar-refractivity contribution in [3.63, 3.8) is 0 Å². The van der Waals surface area contributed by atoms with E-state index in [4.69, 9.17) is 15.0 Å². The van der Waals surface area contributed by atoms with Crippen LogP contribution < -0.4 is 0 Å². The number of nitrogens with zero attached hydrogens (tertiary/aromatic N) is 5. The van der Waals surface area contributed by atoms with Gasteiger partial charge in [-0.15, -0.1) is 0 Å². The Kier molecular flexibility index (Phi) is 10.3. The van der Waals surface area contributed by atoms with Crippen molar-refractivity contribution in [1.29, 1.82) is 10.5 Å². The first-order valence-electron chi connectivity index (χ1n) is 21.8. The molecule has 0 saturated heterocycles. The Bertz CT molecular complexity index is 3710. The molecule has 11 aromatic rings. The topological polar surface area (TPSA) is 86.2 Å². The van der Waals surface area contributed by atoms with Gasteiger partial charge in [0.25, 0.3) is 0 Å². The first-order chi connectivity index (χ1) is 32.6. The molecular weight excluding hydrogens is 803 g/mol. The third kappa shape index (κ3) is 7.54. The van der Waals surface area contributed by atoms with Crippen LogP contribution in [0.15, 0.2) is 224 Å². The van der Waals surface area contributed by atoms with Crippen LogP contribution in [0.1, 0.15) is 11.1 Å². The molecule has 5 nitrogen and oxygen atoms in total. The fourth-order valence-corrected chi connectivity index (χ4v) is 8.91. The molecule has 0 saturated carbocycles. The lowest BCUT2D eigenvalue weighted by atomic mass is 9.88. The summed E-state index contributed by atoms with van der Waals surface area (Å²) in [6, 6.07) is 81.1. The number of hydrogen-bond acceptors (Lipinski definition) is 5. The second-order valence-electron chi connectivity index (χ2n) is 16.2. The van der Waals surface area contributed by atoms with Crippen LogP contribution >= 0.6 is 0 Å². The van der Waals surface area contributed by atoms with Gasteiger partial charge in [0.05, 0.1) is 23.3 Å². The van der Waals surface area contributed by atoms with Crippen molar-refractivity contribution in [2.75, 3.05) is 0 Å². The van der Waals surface area contributed by atoms with E-state index in [-0.39, 0.29) is 0 Å². The molecule has 66 heavy (non-hydrogen) atoms. The summed E-state index contributed by atoms with van der Waals surface area (Å²) in [4.78, 5) is 15.0. The van der Waals surface area contributed by atoms with Crippen LogP contribution in [-0.4, -0.2) is 15.0 Å². The molecule has 0 spiro atoms. The summed E-state index contributed by atoms with van der Waals surface area (Å²) in [5.41, 5.74) is 13.5. The number of nitriles is 2. The van der Waals surface area contributed by atoms with Gasteiger partial charge in [0.15, 0.2) is 17.5 Å². The summed E-state index contributed by atoms with van der Waals surface area (Å²) in [5.74, 6) is 1.54. The number of hydrogen-bond donors (Lipinski definition) is 0. The Balaban J connectivity index is 0.948. The van der Waals surface area contributed by atoms with E-state index in [0.717, 1.165) is 72.3 Å². The van der Waals surface area contributed by atoms with Gasteiger partial charge in [-0.1, -0.05) is 194 Å². The van der Waals surface area contributed by atoms with E-state index in [9.17, 15) is 10.5 Å². The molecule has 0 unspecified atom stereocenters. The predicted octanol–water partition coefficient (Wildman–Crippen LogP) is 15.3. The second-order valence-corrected chi connectivity index (χ2v) is 16.2. The molecule has 0 aliphatic carbocycles. The van der Waals surface area contributed by atoms with Crippen molar-refractivity contribution in [3.05, 3.63) is 236 Å². The van der Waals surface area contributed by atoms with E-state index < -0.39 is 0 Å². The Morgan fingerprint density at radius 1 is 0.273 bits per heavy atom. The highest BCUT2D eigenvalue weighted by Crippen LogP contribution is 2.39. The summed E-state index contributed by atoms with van der Waals surface area (Å²) in [5, 5.41) is 25.6. The molecule has 5 heteroatoms. The molecule has 1 aromatic heterocycles. The van der Waals surface area contributed by atoms with Crippen molar-refractivity contribution >= 4 is 21.5 Å². The molecule has 0 bridgehead atoms. The molecule has 0 amide bonds. The smallest absolute Gasteiger partial charge is 0.164 e. The molecule has 1 heterocycles. The van der Waals surface area contributed by atoms with Crippen molar-refractivity contribution in [2.45, 2.75) is 0 Å². The molecule has 0 atom stereocenters. The van der Waals surface area contributed by atoms with E-state index in [1.54, 1.807) is 0 Å². The molecule has 11 rings (SSSR count). The quantitative estimate of drug-likeness (QED) is 0.142. The monoisotopic (exact) mass is 839 g/mol. The molecule has 0 fully saturated rings. The van der Waals surface area contributed by atoms with Gasteiger partial charge < -0.3 is 0 Å². The minimum atomic E-state index is 0.478. The Labute approximate surface area is 382 Å². The van der Waals surface area contributed by atoms with E-state index in [1.807, 2.05) is 103 Å². The molecule has 0 radical (unpaired) electrons. The van der Waals surface area contributed by atoms with Crippen molar-refractivity contribution in [3.8, 4) is 102 Å². The van der Waals surface area contributed by atoms with Crippen LogP contribution in [0.2, 0.25) is 0 Å². The highest BCUT2D eigenvalue weighted by molar-refractivity contribution is 6.08. The van der Waals surface area contributed by atoms with Crippen LogP contribution in [0, 0.1) is 22.7 Å². The molecule has 0 N–H and O–H groups in total. The van der Waals surface area contributed by atoms with Crippen molar-refractivity contribution in [2.24, 2.45) is 0 Å². The number of rotatable bonds is 8. The van der Waals surface area contributed by atoms with Gasteiger partial charge in [-0.3, -0.25) is 0 Å². The van der Waals surface area contributed by atoms with Gasteiger partial charge in [-0.25, -0.2) is 15.0 Å². The summed E-state index contributed by atoms with van der Waals surface area (Å²) in [6.07, 6.45) is 0. The summed E-state index contributed by atoms with van der Waals surface area (Å²) < 4.78 is 0. The standard InChI is InChI=1S/C61H37N5/c62-38-52-21-11-23-56(58(52)44-29-24-40(25-30-44)48-31-28-43-27-26-42-14-7-8-22-55(42)57(43)37-48)49-19-9-17-46(34-49)47-18-10-20-50(35-47)60-64-59(45-15-5-2-6-16-45)65-61(66-60)51-32-33-54(53(36-51)39-63)41-12-3-1-4-13-41/h1-37H. The average Bonchev–Trinajstić information content (AvgIpc) is 3.40. The molecule has 306 valence electrons. The van der Waals surface area contributed by atoms with Crippen LogP contribution in [0.25, 0.3) is 111 Å². The minimum Gasteiger partial charge on any atom is -0.208 e. The predicted molar refractivity (Wildman–Crippen MR) is 268 cm³/mol. The molecule has 10 aromatic carbocycles. The van der Waals surface area contributed by atoms with Gasteiger partial charge in [-0.05, 0) is 102 Å². The third-order valence-corrected chi connectivity index (χ3v) is 12.2. The maximum atomic E-state index is 10.4. The third-order valence-electron chi connectivity index (χ3n) is 12.2. The second kappa shape index (κ2) is 17.1. The minimum absolute atomic E-state index is 0.478. The van der Waals surface area contributed by atoms with E-state index in [1.165, 1.54) is 21.5 Å². The van der Waals surface area contributed by atoms with E-state index in [2.05, 4.69) is 133 Å². The van der Waals surface area contributed by atoms with E-state index >= 15 is 0 Å². The first-order valence-corrected chi connectivity index (χ1v) is 21.8. The zero-order chi connectivity index (χ0) is 44.4. The van der Waals surface area contributed by atoms with Crippen molar-refractivity contribution < 1.29 is 0 Å². The Morgan fingerprint density at radius 3 is 1.47 bits per heavy atom. The zero-order valence-electron chi connectivity index (χ0n) is 35.6. The van der Waals surface area contributed by atoms with Crippen LogP contribution in [0.4, 0.5) is 0 Å².